The minimum absolute atomic E-state index is 0.143. The van der Waals surface area contributed by atoms with Gasteiger partial charge in [-0.05, 0) is 41.2 Å². The molecule has 2 N–H and O–H groups in total. The van der Waals surface area contributed by atoms with E-state index in [-0.39, 0.29) is 5.91 Å². The number of H-pyrrole nitrogens is 1. The normalized spacial score (nSPS) is 10.5. The molecule has 1 amide bonds. The van der Waals surface area contributed by atoms with E-state index >= 15 is 0 Å². The number of nitrogens with one attached hydrogen (secondary N) is 2. The number of hydrogen-bond donors (Lipinski definition) is 2. The number of aromatic amines is 1. The van der Waals surface area contributed by atoms with Gasteiger partial charge in [0.15, 0.2) is 5.82 Å². The molecular weight excluding hydrogens is 338 g/mol. The zero-order valence-electron chi connectivity index (χ0n) is 16.5. The molecule has 0 aliphatic rings. The van der Waals surface area contributed by atoms with Crippen LogP contribution in [0, 0.1) is 0 Å². The van der Waals surface area contributed by atoms with E-state index in [9.17, 15) is 4.79 Å². The van der Waals surface area contributed by atoms with E-state index in [0.717, 1.165) is 17.1 Å². The van der Waals surface area contributed by atoms with Crippen molar-refractivity contribution in [1.29, 1.82) is 0 Å². The molecule has 0 aromatic carbocycles. The van der Waals surface area contributed by atoms with Gasteiger partial charge in [-0.2, -0.15) is 0 Å². The molecule has 0 aliphatic heterocycles. The first-order chi connectivity index (χ1) is 12.9. The number of aromatic nitrogens is 4. The molecule has 6 heteroatoms. The summed E-state index contributed by atoms with van der Waals surface area (Å²) in [5.74, 6) is 1.65. The summed E-state index contributed by atoms with van der Waals surface area (Å²) in [6.07, 6.45) is 7.11. The van der Waals surface area contributed by atoms with Crippen LogP contribution in [0.3, 0.4) is 0 Å². The number of pyridine rings is 2. The second-order valence-corrected chi connectivity index (χ2v) is 6.78. The second-order valence-electron chi connectivity index (χ2n) is 6.78. The summed E-state index contributed by atoms with van der Waals surface area (Å²) >= 11 is 0. The summed E-state index contributed by atoms with van der Waals surface area (Å²) in [5.41, 5.74) is 3.80. The maximum Gasteiger partial charge on any atom is 0.269 e. The average Bonchev–Trinajstić information content (AvgIpc) is 3.23. The standard InChI is InChI=1S/C11H13N3.C10H14N2O/c1-8(2)9-3-4-12-10(7-9)11-13-5-6-14-11;1-7(2)8-4-5-9(12-6-8)10(13)11-3/h3-8H,1-2H3,(H,13,14);4-7H,1-3H3,(H,11,13). The molecule has 3 heterocycles. The Balaban J connectivity index is 0.000000194. The van der Waals surface area contributed by atoms with Gasteiger partial charge in [0.25, 0.3) is 5.91 Å². The molecule has 0 spiro atoms. The molecule has 6 nitrogen and oxygen atoms in total. The number of nitrogens with zero attached hydrogens (tertiary/aromatic N) is 3. The fourth-order valence-electron chi connectivity index (χ4n) is 2.35. The SMILES string of the molecule is CC(C)c1ccnc(-c2ncc[nH]2)c1.CNC(=O)c1ccc(C(C)C)cn1. The van der Waals surface area contributed by atoms with Crippen molar-refractivity contribution in [2.24, 2.45) is 0 Å². The first kappa shape index (κ1) is 20.3. The Labute approximate surface area is 160 Å². The lowest BCUT2D eigenvalue weighted by molar-refractivity contribution is 0.0958. The Kier molecular flexibility index (Phi) is 7.23. The summed E-state index contributed by atoms with van der Waals surface area (Å²) in [7, 11) is 1.60. The molecule has 0 saturated carbocycles. The maximum absolute atomic E-state index is 11.1. The van der Waals surface area contributed by atoms with Crippen LogP contribution in [0.15, 0.2) is 49.1 Å². The maximum atomic E-state index is 11.1. The van der Waals surface area contributed by atoms with Crippen molar-refractivity contribution in [2.75, 3.05) is 7.05 Å². The van der Waals surface area contributed by atoms with Crippen LogP contribution in [0.2, 0.25) is 0 Å². The molecule has 27 heavy (non-hydrogen) atoms. The molecule has 0 unspecified atom stereocenters. The van der Waals surface area contributed by atoms with E-state index in [2.05, 4.69) is 59.0 Å². The highest BCUT2D eigenvalue weighted by Gasteiger charge is 2.05. The Morgan fingerprint density at radius 1 is 0.963 bits per heavy atom. The highest BCUT2D eigenvalue weighted by Crippen LogP contribution is 2.18. The van der Waals surface area contributed by atoms with Crippen LogP contribution in [0.1, 0.15) is 61.1 Å². The third kappa shape index (κ3) is 5.74. The Morgan fingerprint density at radius 2 is 1.70 bits per heavy atom. The lowest BCUT2D eigenvalue weighted by atomic mass is 10.0. The second kappa shape index (κ2) is 9.62. The van der Waals surface area contributed by atoms with Crippen LogP contribution in [0.5, 0.6) is 0 Å². The zero-order chi connectivity index (χ0) is 19.8. The number of rotatable bonds is 4. The Bertz CT molecular complexity index is 839. The van der Waals surface area contributed by atoms with Crippen molar-refractivity contribution in [1.82, 2.24) is 25.3 Å². The van der Waals surface area contributed by atoms with E-state index < -0.39 is 0 Å². The van der Waals surface area contributed by atoms with Gasteiger partial charge in [-0.1, -0.05) is 33.8 Å². The van der Waals surface area contributed by atoms with Crippen LogP contribution in [-0.2, 0) is 0 Å². The van der Waals surface area contributed by atoms with Gasteiger partial charge in [-0.15, -0.1) is 0 Å². The largest absolute Gasteiger partial charge is 0.354 e. The molecule has 0 aliphatic carbocycles. The van der Waals surface area contributed by atoms with E-state index in [1.54, 1.807) is 31.7 Å². The summed E-state index contributed by atoms with van der Waals surface area (Å²) in [6.45, 7) is 8.52. The van der Waals surface area contributed by atoms with Crippen molar-refractivity contribution in [3.8, 4) is 11.5 Å². The van der Waals surface area contributed by atoms with Crippen LogP contribution < -0.4 is 5.32 Å². The fraction of sp³-hybridized carbons (Fsp3) is 0.333. The van der Waals surface area contributed by atoms with Crippen LogP contribution in [-0.4, -0.2) is 32.9 Å². The van der Waals surface area contributed by atoms with E-state index in [4.69, 9.17) is 0 Å². The number of carbonyl (C=O) groups excluding carboxylic acids is 1. The molecule has 0 atom stereocenters. The molecule has 3 aromatic rings. The molecule has 0 bridgehead atoms. The quantitative estimate of drug-likeness (QED) is 0.727. The van der Waals surface area contributed by atoms with Gasteiger partial charge >= 0.3 is 0 Å². The fourth-order valence-corrected chi connectivity index (χ4v) is 2.35. The van der Waals surface area contributed by atoms with Gasteiger partial charge < -0.3 is 10.3 Å². The predicted octanol–water partition coefficient (Wildman–Crippen LogP) is 4.16. The minimum Gasteiger partial charge on any atom is -0.354 e. The smallest absolute Gasteiger partial charge is 0.269 e. The van der Waals surface area contributed by atoms with Gasteiger partial charge in [0, 0.05) is 31.8 Å². The molecule has 3 rings (SSSR count). The van der Waals surface area contributed by atoms with Crippen LogP contribution >= 0.6 is 0 Å². The monoisotopic (exact) mass is 365 g/mol. The summed E-state index contributed by atoms with van der Waals surface area (Å²) in [6, 6.07) is 7.79. The zero-order valence-corrected chi connectivity index (χ0v) is 16.5. The molecule has 142 valence electrons. The predicted molar refractivity (Wildman–Crippen MR) is 108 cm³/mol. The highest BCUT2D eigenvalue weighted by atomic mass is 16.1. The third-order valence-electron chi connectivity index (χ3n) is 4.10. The number of amides is 1. The Morgan fingerprint density at radius 3 is 2.22 bits per heavy atom. The molecule has 0 saturated heterocycles. The average molecular weight is 365 g/mol. The first-order valence-electron chi connectivity index (χ1n) is 9.06. The summed E-state index contributed by atoms with van der Waals surface area (Å²) < 4.78 is 0. The molecule has 0 radical (unpaired) electrons. The lowest BCUT2D eigenvalue weighted by Gasteiger charge is -2.05. The van der Waals surface area contributed by atoms with Gasteiger partial charge in [0.1, 0.15) is 11.4 Å². The van der Waals surface area contributed by atoms with Crippen molar-refractivity contribution < 1.29 is 4.79 Å². The first-order valence-corrected chi connectivity index (χ1v) is 9.06. The van der Waals surface area contributed by atoms with E-state index in [1.165, 1.54) is 5.56 Å². The van der Waals surface area contributed by atoms with Gasteiger partial charge in [-0.3, -0.25) is 14.8 Å². The van der Waals surface area contributed by atoms with Crippen LogP contribution in [0.4, 0.5) is 0 Å². The minimum atomic E-state index is -0.143. The van der Waals surface area contributed by atoms with Crippen molar-refractivity contribution in [3.63, 3.8) is 0 Å². The van der Waals surface area contributed by atoms with Gasteiger partial charge in [0.05, 0.1) is 0 Å². The van der Waals surface area contributed by atoms with E-state index in [1.807, 2.05) is 18.3 Å². The lowest BCUT2D eigenvalue weighted by Crippen LogP contribution is -2.19. The number of imidazole rings is 1. The topological polar surface area (TPSA) is 83.6 Å². The molecule has 0 fully saturated rings. The van der Waals surface area contributed by atoms with Crippen LogP contribution in [0.25, 0.3) is 11.5 Å². The van der Waals surface area contributed by atoms with Gasteiger partial charge in [-0.25, -0.2) is 4.98 Å². The number of hydrogen-bond acceptors (Lipinski definition) is 4. The molecule has 3 aromatic heterocycles. The highest BCUT2D eigenvalue weighted by molar-refractivity contribution is 5.91. The van der Waals surface area contributed by atoms with Gasteiger partial charge in [0.2, 0.25) is 0 Å². The summed E-state index contributed by atoms with van der Waals surface area (Å²) in [4.78, 5) is 26.7. The van der Waals surface area contributed by atoms with Crippen molar-refractivity contribution in [2.45, 2.75) is 39.5 Å². The third-order valence-corrected chi connectivity index (χ3v) is 4.10. The Hall–Kier alpha value is -3.02. The molecular formula is C21H27N5O. The summed E-state index contributed by atoms with van der Waals surface area (Å²) in [5, 5.41) is 2.53. The van der Waals surface area contributed by atoms with E-state index in [0.29, 0.717) is 17.5 Å². The van der Waals surface area contributed by atoms with Crippen molar-refractivity contribution >= 4 is 5.91 Å². The van der Waals surface area contributed by atoms with Crippen molar-refractivity contribution in [3.05, 3.63) is 65.9 Å². The number of carbonyl (C=O) groups is 1.